The van der Waals surface area contributed by atoms with Crippen molar-refractivity contribution in [2.75, 3.05) is 19.6 Å². The highest BCUT2D eigenvalue weighted by atomic mass is 35.5. The summed E-state index contributed by atoms with van der Waals surface area (Å²) in [6.07, 6.45) is 3.49. The summed E-state index contributed by atoms with van der Waals surface area (Å²) in [6.45, 7) is 1.55. The fraction of sp³-hybridized carbons (Fsp3) is 0.400. The zero-order valence-electron chi connectivity index (χ0n) is 13.1. The fourth-order valence-electron chi connectivity index (χ4n) is 2.86. The smallest absolute Gasteiger partial charge is 0.219 e. The molecule has 9 heteroatoms. The molecule has 0 saturated carbocycles. The first-order valence-electron chi connectivity index (χ1n) is 7.50. The quantitative estimate of drug-likeness (QED) is 0.871. The third-order valence-corrected chi connectivity index (χ3v) is 6.63. The maximum absolute atomic E-state index is 13.0. The third kappa shape index (κ3) is 3.60. The first-order chi connectivity index (χ1) is 11.4. The van der Waals surface area contributed by atoms with Gasteiger partial charge in [0.1, 0.15) is 5.82 Å². The summed E-state index contributed by atoms with van der Waals surface area (Å²) in [5.41, 5.74) is 0.613. The predicted molar refractivity (Wildman–Crippen MR) is 94.6 cm³/mol. The third-order valence-electron chi connectivity index (χ3n) is 4.04. The number of aromatic nitrogens is 2. The number of halogens is 2. The van der Waals surface area contributed by atoms with Gasteiger partial charge in [-0.15, -0.1) is 0 Å². The minimum absolute atomic E-state index is 0.120. The number of hydrogen-bond acceptors (Lipinski definition) is 4. The van der Waals surface area contributed by atoms with Crippen LogP contribution in [0.5, 0.6) is 0 Å². The Morgan fingerprint density at radius 1 is 1.33 bits per heavy atom. The molecule has 1 aromatic carbocycles. The highest BCUT2D eigenvalue weighted by Crippen LogP contribution is 2.28. The molecule has 1 unspecified atom stereocenters. The summed E-state index contributed by atoms with van der Waals surface area (Å²) in [5.74, 6) is 0.602. The van der Waals surface area contributed by atoms with E-state index in [-0.39, 0.29) is 11.8 Å². The van der Waals surface area contributed by atoms with E-state index in [2.05, 4.69) is 10.3 Å². The molecule has 1 aliphatic rings. The summed E-state index contributed by atoms with van der Waals surface area (Å²) in [6, 6.07) is 4.57. The maximum Gasteiger partial charge on any atom is 0.219 e. The van der Waals surface area contributed by atoms with Gasteiger partial charge >= 0.3 is 0 Å². The Morgan fingerprint density at radius 2 is 2.12 bits per heavy atom. The van der Waals surface area contributed by atoms with Crippen molar-refractivity contribution < 1.29 is 8.42 Å². The normalized spacial score (nSPS) is 19.5. The van der Waals surface area contributed by atoms with E-state index in [9.17, 15) is 8.42 Å². The Kier molecular flexibility index (Phi) is 5.17. The number of hydrogen-bond donors (Lipinski definition) is 1. The molecule has 3 rings (SSSR count). The number of nitrogens with zero attached hydrogens (tertiary/aromatic N) is 3. The molecule has 2 heterocycles. The Morgan fingerprint density at radius 3 is 2.79 bits per heavy atom. The molecule has 1 fully saturated rings. The molecule has 2 aromatic rings. The summed E-state index contributed by atoms with van der Waals surface area (Å²) in [7, 11) is -1.66. The van der Waals surface area contributed by atoms with Crippen molar-refractivity contribution in [2.45, 2.75) is 11.8 Å². The van der Waals surface area contributed by atoms with E-state index in [1.165, 1.54) is 4.31 Å². The van der Waals surface area contributed by atoms with Gasteiger partial charge in [0.15, 0.2) is 0 Å². The lowest BCUT2D eigenvalue weighted by Crippen LogP contribution is -2.49. The lowest BCUT2D eigenvalue weighted by atomic mass is 10.2. The number of aryl methyl sites for hydroxylation is 1. The van der Waals surface area contributed by atoms with Gasteiger partial charge in [-0.05, 0) is 17.7 Å². The largest absolute Gasteiger partial charge is 0.337 e. The van der Waals surface area contributed by atoms with Gasteiger partial charge in [-0.3, -0.25) is 0 Å². The average Bonchev–Trinajstić information content (AvgIpc) is 2.97. The van der Waals surface area contributed by atoms with Crippen LogP contribution in [0.15, 0.2) is 30.6 Å². The number of piperazine rings is 1. The van der Waals surface area contributed by atoms with Gasteiger partial charge in [0.25, 0.3) is 0 Å². The van der Waals surface area contributed by atoms with Crippen LogP contribution in [0.4, 0.5) is 0 Å². The van der Waals surface area contributed by atoms with Gasteiger partial charge in [-0.2, -0.15) is 4.31 Å². The number of nitrogens with one attached hydrogen (secondary N) is 1. The number of sulfonamides is 1. The Balaban J connectivity index is 1.88. The number of benzene rings is 1. The average molecular weight is 389 g/mol. The molecule has 0 radical (unpaired) electrons. The van der Waals surface area contributed by atoms with Crippen LogP contribution in [0.1, 0.15) is 17.4 Å². The van der Waals surface area contributed by atoms with E-state index >= 15 is 0 Å². The number of imidazole rings is 1. The molecular weight excluding hydrogens is 371 g/mol. The first-order valence-corrected chi connectivity index (χ1v) is 9.86. The van der Waals surface area contributed by atoms with E-state index in [0.29, 0.717) is 35.2 Å². The van der Waals surface area contributed by atoms with E-state index in [1.54, 1.807) is 24.4 Å². The molecule has 130 valence electrons. The van der Waals surface area contributed by atoms with Crippen LogP contribution in [0.2, 0.25) is 10.0 Å². The molecule has 1 aromatic heterocycles. The zero-order chi connectivity index (χ0) is 17.3. The molecule has 6 nitrogen and oxygen atoms in total. The Bertz CT molecular complexity index is 838. The van der Waals surface area contributed by atoms with Gasteiger partial charge < -0.3 is 9.88 Å². The molecule has 1 atom stereocenters. The molecule has 0 aliphatic carbocycles. The number of rotatable bonds is 4. The van der Waals surface area contributed by atoms with Gasteiger partial charge in [0, 0.05) is 39.1 Å². The fourth-order valence-corrected chi connectivity index (χ4v) is 4.87. The van der Waals surface area contributed by atoms with Crippen LogP contribution in [0.25, 0.3) is 0 Å². The van der Waals surface area contributed by atoms with Crippen LogP contribution < -0.4 is 5.32 Å². The monoisotopic (exact) mass is 388 g/mol. The lowest BCUT2D eigenvalue weighted by molar-refractivity contribution is 0.258. The molecule has 0 bridgehead atoms. The SMILES string of the molecule is Cn1ccnc1C1CNCCN1S(=O)(=O)Cc1ccc(Cl)c(Cl)c1. The predicted octanol–water partition coefficient (Wildman–Crippen LogP) is 2.20. The minimum atomic E-state index is -3.52. The van der Waals surface area contributed by atoms with Gasteiger partial charge in [0.2, 0.25) is 10.0 Å². The van der Waals surface area contributed by atoms with Crippen LogP contribution in [0.3, 0.4) is 0 Å². The van der Waals surface area contributed by atoms with Crippen molar-refractivity contribution in [1.29, 1.82) is 0 Å². The Labute approximate surface area is 151 Å². The van der Waals surface area contributed by atoms with Crippen molar-refractivity contribution in [3.8, 4) is 0 Å². The summed E-state index contributed by atoms with van der Waals surface area (Å²) >= 11 is 11.9. The van der Waals surface area contributed by atoms with E-state index in [1.807, 2.05) is 17.8 Å². The van der Waals surface area contributed by atoms with Crippen molar-refractivity contribution >= 4 is 33.2 Å². The lowest BCUT2D eigenvalue weighted by Gasteiger charge is -2.34. The molecule has 24 heavy (non-hydrogen) atoms. The van der Waals surface area contributed by atoms with Crippen molar-refractivity contribution in [3.63, 3.8) is 0 Å². The van der Waals surface area contributed by atoms with E-state index < -0.39 is 10.0 Å². The van der Waals surface area contributed by atoms with Crippen LogP contribution in [-0.4, -0.2) is 41.9 Å². The second kappa shape index (κ2) is 7.01. The highest BCUT2D eigenvalue weighted by Gasteiger charge is 2.35. The zero-order valence-corrected chi connectivity index (χ0v) is 15.4. The highest BCUT2D eigenvalue weighted by molar-refractivity contribution is 7.88. The summed E-state index contributed by atoms with van der Waals surface area (Å²) in [4.78, 5) is 4.31. The molecule has 0 spiro atoms. The molecule has 1 N–H and O–H groups in total. The second-order valence-corrected chi connectivity index (χ2v) is 8.47. The first kappa shape index (κ1) is 17.7. The topological polar surface area (TPSA) is 67.2 Å². The van der Waals surface area contributed by atoms with Gasteiger partial charge in [0.05, 0.1) is 21.8 Å². The van der Waals surface area contributed by atoms with Gasteiger partial charge in [-0.25, -0.2) is 13.4 Å². The summed E-state index contributed by atoms with van der Waals surface area (Å²) in [5, 5.41) is 4.00. The molecular formula is C15H18Cl2N4O2S. The Hall–Kier alpha value is -1.12. The maximum atomic E-state index is 13.0. The van der Waals surface area contributed by atoms with Crippen molar-refractivity contribution in [2.24, 2.45) is 7.05 Å². The summed E-state index contributed by atoms with van der Waals surface area (Å²) < 4.78 is 29.3. The molecule has 1 saturated heterocycles. The van der Waals surface area contributed by atoms with Crippen LogP contribution >= 0.6 is 23.2 Å². The van der Waals surface area contributed by atoms with Gasteiger partial charge in [-0.1, -0.05) is 29.3 Å². The van der Waals surface area contributed by atoms with Crippen molar-refractivity contribution in [3.05, 3.63) is 52.0 Å². The van der Waals surface area contributed by atoms with Crippen molar-refractivity contribution in [1.82, 2.24) is 19.2 Å². The standard InChI is InChI=1S/C15H18Cl2N4O2S/c1-20-6-5-19-15(20)14-9-18-4-7-21(14)24(22,23)10-11-2-3-12(16)13(17)8-11/h2-3,5-6,8,14,18H,4,7,9-10H2,1H3. The second-order valence-electron chi connectivity index (χ2n) is 5.73. The van der Waals surface area contributed by atoms with E-state index in [4.69, 9.17) is 23.2 Å². The van der Waals surface area contributed by atoms with E-state index in [0.717, 1.165) is 5.82 Å². The minimum Gasteiger partial charge on any atom is -0.337 e. The molecule has 1 aliphatic heterocycles. The van der Waals surface area contributed by atoms with Crippen LogP contribution in [0, 0.1) is 0 Å². The molecule has 0 amide bonds. The van der Waals surface area contributed by atoms with Crippen LogP contribution in [-0.2, 0) is 22.8 Å².